The van der Waals surface area contributed by atoms with E-state index in [1.165, 1.54) is 6.92 Å². The van der Waals surface area contributed by atoms with E-state index in [4.69, 9.17) is 21.4 Å². The number of carboxylic acid groups (broad SMARTS) is 1. The maximum Gasteiger partial charge on any atom is 0.308 e. The number of hydrogen-bond acceptors (Lipinski definition) is 3. The Morgan fingerprint density at radius 3 is 2.60 bits per heavy atom. The van der Waals surface area contributed by atoms with Crippen LogP contribution in [0.2, 0.25) is 5.02 Å². The molecule has 1 amide bonds. The monoisotopic (exact) mass is 299 g/mol. The molecule has 2 unspecified atom stereocenters. The van der Waals surface area contributed by atoms with Gasteiger partial charge < -0.3 is 15.2 Å². The highest BCUT2D eigenvalue weighted by Crippen LogP contribution is 2.22. The summed E-state index contributed by atoms with van der Waals surface area (Å²) in [4.78, 5) is 22.5. The summed E-state index contributed by atoms with van der Waals surface area (Å²) in [5.41, 5.74) is 0.830. The standard InChI is InChI=1S/C14H18ClNO4/c1-8-6-11(15)4-5-12(8)20-10(3)13(17)16-7-9(2)14(18)19/h4-6,9-10H,7H2,1-3H3,(H,16,17)(H,18,19). The third kappa shape index (κ3) is 4.74. The van der Waals surface area contributed by atoms with Crippen LogP contribution in [0.5, 0.6) is 5.75 Å². The van der Waals surface area contributed by atoms with Gasteiger partial charge in [0.2, 0.25) is 0 Å². The second-order valence-electron chi connectivity index (χ2n) is 4.65. The van der Waals surface area contributed by atoms with Crippen LogP contribution in [0.25, 0.3) is 0 Å². The molecule has 0 radical (unpaired) electrons. The van der Waals surface area contributed by atoms with Crippen LogP contribution in [0.4, 0.5) is 0 Å². The number of benzene rings is 1. The van der Waals surface area contributed by atoms with Gasteiger partial charge in [-0.3, -0.25) is 9.59 Å². The maximum atomic E-state index is 11.8. The fraction of sp³-hybridized carbons (Fsp3) is 0.429. The van der Waals surface area contributed by atoms with Gasteiger partial charge in [-0.1, -0.05) is 18.5 Å². The summed E-state index contributed by atoms with van der Waals surface area (Å²) in [5, 5.41) is 11.9. The highest BCUT2D eigenvalue weighted by atomic mass is 35.5. The first-order valence-corrected chi connectivity index (χ1v) is 6.62. The molecule has 20 heavy (non-hydrogen) atoms. The van der Waals surface area contributed by atoms with E-state index >= 15 is 0 Å². The van der Waals surface area contributed by atoms with E-state index in [1.807, 2.05) is 6.92 Å². The van der Waals surface area contributed by atoms with Crippen LogP contribution in [0.15, 0.2) is 18.2 Å². The fourth-order valence-corrected chi connectivity index (χ4v) is 1.70. The number of halogens is 1. The molecule has 5 nitrogen and oxygen atoms in total. The number of carbonyl (C=O) groups is 2. The van der Waals surface area contributed by atoms with Crippen molar-refractivity contribution in [2.45, 2.75) is 26.9 Å². The van der Waals surface area contributed by atoms with Gasteiger partial charge in [-0.2, -0.15) is 0 Å². The Bertz CT molecular complexity index is 504. The zero-order valence-corrected chi connectivity index (χ0v) is 12.4. The summed E-state index contributed by atoms with van der Waals surface area (Å²) in [5.74, 6) is -1.37. The van der Waals surface area contributed by atoms with Crippen LogP contribution in [-0.2, 0) is 9.59 Å². The Morgan fingerprint density at radius 2 is 2.05 bits per heavy atom. The lowest BCUT2D eigenvalue weighted by Crippen LogP contribution is -2.39. The molecular weight excluding hydrogens is 282 g/mol. The second-order valence-corrected chi connectivity index (χ2v) is 5.09. The van der Waals surface area contributed by atoms with Gasteiger partial charge in [0.05, 0.1) is 5.92 Å². The molecule has 2 N–H and O–H groups in total. The van der Waals surface area contributed by atoms with Gasteiger partial charge in [0.25, 0.3) is 5.91 Å². The van der Waals surface area contributed by atoms with Gasteiger partial charge in [0.1, 0.15) is 5.75 Å². The van der Waals surface area contributed by atoms with E-state index in [9.17, 15) is 9.59 Å². The molecule has 1 aromatic carbocycles. The molecule has 6 heteroatoms. The molecular formula is C14H18ClNO4. The summed E-state index contributed by atoms with van der Waals surface area (Å²) in [7, 11) is 0. The smallest absolute Gasteiger partial charge is 0.308 e. The topological polar surface area (TPSA) is 75.6 Å². The Kier molecular flexibility index (Phi) is 5.82. The van der Waals surface area contributed by atoms with E-state index in [0.29, 0.717) is 10.8 Å². The Morgan fingerprint density at radius 1 is 1.40 bits per heavy atom. The quantitative estimate of drug-likeness (QED) is 0.845. The number of rotatable bonds is 6. The predicted molar refractivity (Wildman–Crippen MR) is 76.1 cm³/mol. The third-order valence-corrected chi connectivity index (χ3v) is 3.05. The van der Waals surface area contributed by atoms with Crippen LogP contribution < -0.4 is 10.1 Å². The molecule has 0 saturated carbocycles. The molecule has 0 aromatic heterocycles. The van der Waals surface area contributed by atoms with Crippen LogP contribution in [0.1, 0.15) is 19.4 Å². The highest BCUT2D eigenvalue weighted by molar-refractivity contribution is 6.30. The van der Waals surface area contributed by atoms with E-state index in [-0.39, 0.29) is 12.5 Å². The minimum Gasteiger partial charge on any atom is -0.481 e. The maximum absolute atomic E-state index is 11.8. The zero-order valence-electron chi connectivity index (χ0n) is 11.6. The summed E-state index contributed by atoms with van der Waals surface area (Å²) in [6.45, 7) is 5.03. The molecule has 2 atom stereocenters. The van der Waals surface area contributed by atoms with Gasteiger partial charge in [-0.15, -0.1) is 0 Å². The van der Waals surface area contributed by atoms with Crippen LogP contribution in [-0.4, -0.2) is 29.6 Å². The van der Waals surface area contributed by atoms with Crippen molar-refractivity contribution >= 4 is 23.5 Å². The number of aryl methyl sites for hydroxylation is 1. The van der Waals surface area contributed by atoms with Gasteiger partial charge >= 0.3 is 5.97 Å². The summed E-state index contributed by atoms with van der Waals surface area (Å²) >= 11 is 5.84. The highest BCUT2D eigenvalue weighted by Gasteiger charge is 2.18. The lowest BCUT2D eigenvalue weighted by Gasteiger charge is -2.17. The van der Waals surface area contributed by atoms with E-state index < -0.39 is 18.0 Å². The second kappa shape index (κ2) is 7.14. The predicted octanol–water partition coefficient (Wildman–Crippen LogP) is 2.25. The van der Waals surface area contributed by atoms with Gasteiger partial charge in [-0.25, -0.2) is 0 Å². The molecule has 0 bridgehead atoms. The minimum atomic E-state index is -0.951. The lowest BCUT2D eigenvalue weighted by molar-refractivity contribution is -0.141. The summed E-state index contributed by atoms with van der Waals surface area (Å²) < 4.78 is 5.54. The molecule has 0 aliphatic rings. The number of amides is 1. The summed E-state index contributed by atoms with van der Waals surface area (Å²) in [6, 6.07) is 5.12. The average molecular weight is 300 g/mol. The van der Waals surface area contributed by atoms with Crippen molar-refractivity contribution in [1.29, 1.82) is 0 Å². The molecule has 0 aliphatic heterocycles. The molecule has 1 aromatic rings. The number of carboxylic acids is 1. The Labute approximate surface area is 122 Å². The minimum absolute atomic E-state index is 0.0709. The number of aliphatic carboxylic acids is 1. The van der Waals surface area contributed by atoms with Crippen molar-refractivity contribution in [3.05, 3.63) is 28.8 Å². The van der Waals surface area contributed by atoms with E-state index in [0.717, 1.165) is 5.56 Å². The molecule has 0 fully saturated rings. The molecule has 1 rings (SSSR count). The van der Waals surface area contributed by atoms with E-state index in [2.05, 4.69) is 5.32 Å². The number of nitrogens with one attached hydrogen (secondary N) is 1. The number of ether oxygens (including phenoxy) is 1. The third-order valence-electron chi connectivity index (χ3n) is 2.81. The van der Waals surface area contributed by atoms with E-state index in [1.54, 1.807) is 25.1 Å². The Hall–Kier alpha value is -1.75. The molecule has 110 valence electrons. The van der Waals surface area contributed by atoms with Crippen molar-refractivity contribution in [3.8, 4) is 5.75 Å². The SMILES string of the molecule is Cc1cc(Cl)ccc1OC(C)C(=O)NCC(C)C(=O)O. The van der Waals surface area contributed by atoms with Crippen LogP contribution in [0, 0.1) is 12.8 Å². The van der Waals surface area contributed by atoms with Crippen molar-refractivity contribution < 1.29 is 19.4 Å². The van der Waals surface area contributed by atoms with Crippen LogP contribution in [0.3, 0.4) is 0 Å². The summed E-state index contributed by atoms with van der Waals surface area (Å²) in [6.07, 6.45) is -0.712. The van der Waals surface area contributed by atoms with Crippen LogP contribution >= 0.6 is 11.6 Å². The first kappa shape index (κ1) is 16.3. The fourth-order valence-electron chi connectivity index (χ4n) is 1.47. The average Bonchev–Trinajstić information content (AvgIpc) is 2.38. The van der Waals surface area contributed by atoms with Gasteiger partial charge in [-0.05, 0) is 37.6 Å². The zero-order chi connectivity index (χ0) is 15.3. The first-order valence-electron chi connectivity index (χ1n) is 6.24. The number of hydrogen-bond donors (Lipinski definition) is 2. The molecule has 0 aliphatic carbocycles. The Balaban J connectivity index is 2.55. The first-order chi connectivity index (χ1) is 9.31. The molecule has 0 heterocycles. The molecule has 0 saturated heterocycles. The molecule has 0 spiro atoms. The normalized spacial score (nSPS) is 13.4. The van der Waals surface area contributed by atoms with Crippen molar-refractivity contribution in [2.24, 2.45) is 5.92 Å². The van der Waals surface area contributed by atoms with Gasteiger partial charge in [0.15, 0.2) is 6.10 Å². The number of carbonyl (C=O) groups excluding carboxylic acids is 1. The van der Waals surface area contributed by atoms with Crippen molar-refractivity contribution in [1.82, 2.24) is 5.32 Å². The van der Waals surface area contributed by atoms with Crippen molar-refractivity contribution in [2.75, 3.05) is 6.54 Å². The lowest BCUT2D eigenvalue weighted by atomic mass is 10.2. The largest absolute Gasteiger partial charge is 0.481 e. The van der Waals surface area contributed by atoms with Gasteiger partial charge in [0, 0.05) is 11.6 Å². The van der Waals surface area contributed by atoms with Crippen molar-refractivity contribution in [3.63, 3.8) is 0 Å².